The maximum atomic E-state index is 12.6. The van der Waals surface area contributed by atoms with Crippen LogP contribution in [0.5, 0.6) is 0 Å². The lowest BCUT2D eigenvalue weighted by molar-refractivity contribution is 0.0643. The Morgan fingerprint density at radius 1 is 1.15 bits per heavy atom. The molecule has 1 atom stereocenters. The molecule has 1 aromatic carbocycles. The quantitative estimate of drug-likeness (QED) is 0.809. The second-order valence-electron chi connectivity index (χ2n) is 5.35. The normalized spacial score (nSPS) is 17.9. The Morgan fingerprint density at radius 2 is 1.85 bits per heavy atom. The molecule has 0 spiro atoms. The number of aromatic nitrogens is 1. The van der Waals surface area contributed by atoms with E-state index in [2.05, 4.69) is 30.5 Å². The number of nitrogens with zero attached hydrogens (tertiary/aromatic N) is 2. The highest BCUT2D eigenvalue weighted by molar-refractivity contribution is 5.94. The van der Waals surface area contributed by atoms with E-state index in [4.69, 9.17) is 5.73 Å². The molecule has 0 fully saturated rings. The van der Waals surface area contributed by atoms with Crippen molar-refractivity contribution in [1.29, 1.82) is 0 Å². The first-order valence-corrected chi connectivity index (χ1v) is 6.90. The molecule has 4 nitrogen and oxygen atoms in total. The molecular formula is C16H19N3O. The molecule has 104 valence electrons. The largest absolute Gasteiger partial charge is 0.399 e. The third kappa shape index (κ3) is 1.97. The molecule has 2 heterocycles. The number of nitrogen functional groups attached to an aromatic ring is 1. The van der Waals surface area contributed by atoms with Crippen LogP contribution in [0.25, 0.3) is 0 Å². The summed E-state index contributed by atoms with van der Waals surface area (Å²) in [6.07, 6.45) is 0. The van der Waals surface area contributed by atoms with Crippen LogP contribution < -0.4 is 5.73 Å². The van der Waals surface area contributed by atoms with E-state index in [0.717, 1.165) is 13.1 Å². The molecule has 3 rings (SSSR count). The Morgan fingerprint density at radius 3 is 2.55 bits per heavy atom. The molecule has 4 heteroatoms. The van der Waals surface area contributed by atoms with Crippen molar-refractivity contribution in [2.45, 2.75) is 26.4 Å². The highest BCUT2D eigenvalue weighted by Crippen LogP contribution is 2.28. The first-order valence-electron chi connectivity index (χ1n) is 6.90. The second kappa shape index (κ2) is 4.71. The van der Waals surface area contributed by atoms with Crippen molar-refractivity contribution < 1.29 is 4.79 Å². The average molecular weight is 269 g/mol. The molecule has 0 saturated carbocycles. The Hall–Kier alpha value is -2.23. The fourth-order valence-electron chi connectivity index (χ4n) is 2.89. The van der Waals surface area contributed by atoms with Crippen LogP contribution in [-0.2, 0) is 6.54 Å². The first-order chi connectivity index (χ1) is 9.58. The molecule has 1 aromatic heterocycles. The topological polar surface area (TPSA) is 51.3 Å². The van der Waals surface area contributed by atoms with Crippen LogP contribution in [0.15, 0.2) is 36.4 Å². The molecular weight excluding hydrogens is 250 g/mol. The highest BCUT2D eigenvalue weighted by atomic mass is 16.2. The van der Waals surface area contributed by atoms with E-state index in [1.807, 2.05) is 4.90 Å². The van der Waals surface area contributed by atoms with Gasteiger partial charge in [-0.1, -0.05) is 0 Å². The van der Waals surface area contributed by atoms with Gasteiger partial charge in [-0.15, -0.1) is 0 Å². The molecule has 0 saturated heterocycles. The summed E-state index contributed by atoms with van der Waals surface area (Å²) in [4.78, 5) is 14.5. The van der Waals surface area contributed by atoms with Gasteiger partial charge >= 0.3 is 0 Å². The predicted molar refractivity (Wildman–Crippen MR) is 79.5 cm³/mol. The van der Waals surface area contributed by atoms with E-state index in [9.17, 15) is 4.79 Å². The summed E-state index contributed by atoms with van der Waals surface area (Å²) >= 11 is 0. The number of carbonyl (C=O) groups is 1. The Labute approximate surface area is 118 Å². The molecule has 2 N–H and O–H groups in total. The minimum absolute atomic E-state index is 0.0719. The van der Waals surface area contributed by atoms with Gasteiger partial charge in [-0.3, -0.25) is 4.79 Å². The fraction of sp³-hybridized carbons (Fsp3) is 0.312. The van der Waals surface area contributed by atoms with E-state index in [1.165, 1.54) is 11.4 Å². The minimum atomic E-state index is 0.0719. The van der Waals surface area contributed by atoms with Crippen molar-refractivity contribution in [3.8, 4) is 0 Å². The number of hydrogen-bond donors (Lipinski definition) is 1. The third-order valence-electron chi connectivity index (χ3n) is 4.11. The van der Waals surface area contributed by atoms with Gasteiger partial charge in [0.15, 0.2) is 0 Å². The smallest absolute Gasteiger partial charge is 0.254 e. The van der Waals surface area contributed by atoms with Crippen LogP contribution in [0, 0.1) is 6.92 Å². The SMILES string of the molecule is Cc1ccc2n1CCN(C(=O)c1ccc(N)cc1)C2C. The molecule has 0 bridgehead atoms. The number of rotatable bonds is 1. The van der Waals surface area contributed by atoms with E-state index in [0.29, 0.717) is 11.3 Å². The number of benzene rings is 1. The lowest BCUT2D eigenvalue weighted by Gasteiger charge is -2.35. The molecule has 0 radical (unpaired) electrons. The van der Waals surface area contributed by atoms with Crippen LogP contribution >= 0.6 is 0 Å². The highest BCUT2D eigenvalue weighted by Gasteiger charge is 2.28. The maximum Gasteiger partial charge on any atom is 0.254 e. The van der Waals surface area contributed by atoms with Gasteiger partial charge in [0.1, 0.15) is 0 Å². The summed E-state index contributed by atoms with van der Waals surface area (Å²) < 4.78 is 2.29. The molecule has 2 aromatic rings. The van der Waals surface area contributed by atoms with Crippen LogP contribution in [0.2, 0.25) is 0 Å². The zero-order chi connectivity index (χ0) is 14.3. The molecule has 1 unspecified atom stereocenters. The standard InChI is InChI=1S/C16H19N3O/c1-11-3-8-15-12(2)19(10-9-18(11)15)16(20)13-4-6-14(17)7-5-13/h3-8,12H,9-10,17H2,1-2H3. The number of fused-ring (bicyclic) bond motifs is 1. The summed E-state index contributed by atoms with van der Waals surface area (Å²) in [5.74, 6) is 0.0719. The van der Waals surface area contributed by atoms with Gasteiger partial charge in [-0.25, -0.2) is 0 Å². The Bertz CT molecular complexity index is 642. The lowest BCUT2D eigenvalue weighted by atomic mass is 10.1. The number of anilines is 1. The minimum Gasteiger partial charge on any atom is -0.399 e. The molecule has 20 heavy (non-hydrogen) atoms. The molecule has 1 aliphatic heterocycles. The molecule has 1 aliphatic rings. The van der Waals surface area contributed by atoms with Crippen molar-refractivity contribution in [3.05, 3.63) is 53.3 Å². The van der Waals surface area contributed by atoms with Gasteiger partial charge in [0, 0.05) is 35.7 Å². The molecule has 0 aliphatic carbocycles. The second-order valence-corrected chi connectivity index (χ2v) is 5.35. The predicted octanol–water partition coefficient (Wildman–Crippen LogP) is 2.60. The average Bonchev–Trinajstić information content (AvgIpc) is 2.82. The summed E-state index contributed by atoms with van der Waals surface area (Å²) in [6.45, 7) is 5.79. The van der Waals surface area contributed by atoms with Gasteiger partial charge in [-0.05, 0) is 50.2 Å². The van der Waals surface area contributed by atoms with Gasteiger partial charge < -0.3 is 15.2 Å². The fourth-order valence-corrected chi connectivity index (χ4v) is 2.89. The summed E-state index contributed by atoms with van der Waals surface area (Å²) in [5, 5.41) is 0. The van der Waals surface area contributed by atoms with Crippen LogP contribution in [0.3, 0.4) is 0 Å². The van der Waals surface area contributed by atoms with E-state index in [-0.39, 0.29) is 11.9 Å². The first kappa shape index (κ1) is 12.8. The van der Waals surface area contributed by atoms with Crippen LogP contribution in [-0.4, -0.2) is 21.9 Å². The summed E-state index contributed by atoms with van der Waals surface area (Å²) in [6, 6.07) is 11.5. The number of amides is 1. The monoisotopic (exact) mass is 269 g/mol. The number of nitrogens with two attached hydrogens (primary N) is 1. The van der Waals surface area contributed by atoms with E-state index < -0.39 is 0 Å². The van der Waals surface area contributed by atoms with Crippen molar-refractivity contribution >= 4 is 11.6 Å². The molecule has 1 amide bonds. The van der Waals surface area contributed by atoms with E-state index in [1.54, 1.807) is 24.3 Å². The van der Waals surface area contributed by atoms with E-state index >= 15 is 0 Å². The van der Waals surface area contributed by atoms with Crippen molar-refractivity contribution in [1.82, 2.24) is 9.47 Å². The third-order valence-corrected chi connectivity index (χ3v) is 4.11. The van der Waals surface area contributed by atoms with Crippen molar-refractivity contribution in [3.63, 3.8) is 0 Å². The van der Waals surface area contributed by atoms with Gasteiger partial charge in [0.2, 0.25) is 0 Å². The zero-order valence-corrected chi connectivity index (χ0v) is 11.8. The number of hydrogen-bond acceptors (Lipinski definition) is 2. The number of aryl methyl sites for hydroxylation is 1. The number of carbonyl (C=O) groups excluding carboxylic acids is 1. The van der Waals surface area contributed by atoms with Crippen molar-refractivity contribution in [2.75, 3.05) is 12.3 Å². The Balaban J connectivity index is 1.88. The van der Waals surface area contributed by atoms with Gasteiger partial charge in [-0.2, -0.15) is 0 Å². The van der Waals surface area contributed by atoms with Gasteiger partial charge in [0.05, 0.1) is 6.04 Å². The Kier molecular flexibility index (Phi) is 3.01. The van der Waals surface area contributed by atoms with Crippen molar-refractivity contribution in [2.24, 2.45) is 0 Å². The maximum absolute atomic E-state index is 12.6. The van der Waals surface area contributed by atoms with Crippen LogP contribution in [0.1, 0.15) is 34.7 Å². The van der Waals surface area contributed by atoms with Crippen LogP contribution in [0.4, 0.5) is 5.69 Å². The lowest BCUT2D eigenvalue weighted by Crippen LogP contribution is -2.41. The van der Waals surface area contributed by atoms with Gasteiger partial charge in [0.25, 0.3) is 5.91 Å². The summed E-state index contributed by atoms with van der Waals surface area (Å²) in [5.41, 5.74) is 9.51. The zero-order valence-electron chi connectivity index (χ0n) is 11.8. The summed E-state index contributed by atoms with van der Waals surface area (Å²) in [7, 11) is 0.